The van der Waals surface area contributed by atoms with E-state index in [9.17, 15) is 4.39 Å². The van der Waals surface area contributed by atoms with Crippen molar-refractivity contribution in [3.05, 3.63) is 39.1 Å². The largest absolute Gasteiger partial charge is 0.312 e. The van der Waals surface area contributed by atoms with Gasteiger partial charge in [-0.1, -0.05) is 36.7 Å². The molecule has 0 saturated heterocycles. The molecule has 21 heavy (non-hydrogen) atoms. The molecule has 2 rings (SSSR count). The summed E-state index contributed by atoms with van der Waals surface area (Å²) in [5.74, 6) is 0.122. The first-order chi connectivity index (χ1) is 10.0. The molecular weight excluding hydrogens is 351 g/mol. The van der Waals surface area contributed by atoms with Crippen molar-refractivity contribution in [3.63, 3.8) is 0 Å². The fourth-order valence-electron chi connectivity index (χ4n) is 2.12. The Balaban J connectivity index is 2.33. The average molecular weight is 371 g/mol. The monoisotopic (exact) mass is 370 g/mol. The van der Waals surface area contributed by atoms with E-state index in [1.54, 1.807) is 11.3 Å². The van der Waals surface area contributed by atoms with Crippen molar-refractivity contribution in [1.29, 1.82) is 0 Å². The standard InChI is InChI=1S/C16H20BrFN2S/c1-4-5-19-9-14-15(10(2)3)20-16(21-14)11-6-12(17)8-13(18)7-11/h6-8,10,19H,4-5,9H2,1-3H3. The maximum atomic E-state index is 13.6. The minimum Gasteiger partial charge on any atom is -0.312 e. The summed E-state index contributed by atoms with van der Waals surface area (Å²) in [5, 5.41) is 4.30. The number of nitrogens with zero attached hydrogens (tertiary/aromatic N) is 1. The van der Waals surface area contributed by atoms with Crippen LogP contribution in [0.25, 0.3) is 10.6 Å². The topological polar surface area (TPSA) is 24.9 Å². The van der Waals surface area contributed by atoms with E-state index in [1.165, 1.54) is 17.0 Å². The highest BCUT2D eigenvalue weighted by molar-refractivity contribution is 9.10. The van der Waals surface area contributed by atoms with Crippen LogP contribution in [0.15, 0.2) is 22.7 Å². The van der Waals surface area contributed by atoms with Gasteiger partial charge in [-0.2, -0.15) is 0 Å². The number of rotatable bonds is 6. The zero-order valence-electron chi connectivity index (χ0n) is 12.5. The molecule has 0 bridgehead atoms. The average Bonchev–Trinajstić information content (AvgIpc) is 2.82. The Morgan fingerprint density at radius 3 is 2.71 bits per heavy atom. The highest BCUT2D eigenvalue weighted by Gasteiger charge is 2.15. The normalized spacial score (nSPS) is 11.3. The molecule has 2 nitrogen and oxygen atoms in total. The van der Waals surface area contributed by atoms with Crippen LogP contribution in [0.2, 0.25) is 0 Å². The van der Waals surface area contributed by atoms with E-state index in [0.717, 1.165) is 40.2 Å². The van der Waals surface area contributed by atoms with Crippen molar-refractivity contribution >= 4 is 27.3 Å². The first kappa shape index (κ1) is 16.6. The SMILES string of the molecule is CCCNCc1sc(-c2cc(F)cc(Br)c2)nc1C(C)C. The molecule has 0 fully saturated rings. The maximum absolute atomic E-state index is 13.6. The Hall–Kier alpha value is -0.780. The van der Waals surface area contributed by atoms with Gasteiger partial charge >= 0.3 is 0 Å². The van der Waals surface area contributed by atoms with E-state index in [-0.39, 0.29) is 5.82 Å². The number of hydrogen-bond acceptors (Lipinski definition) is 3. The molecule has 0 saturated carbocycles. The van der Waals surface area contributed by atoms with Crippen molar-refractivity contribution in [2.45, 2.75) is 39.7 Å². The summed E-state index contributed by atoms with van der Waals surface area (Å²) >= 11 is 4.99. The molecule has 0 spiro atoms. The molecule has 0 amide bonds. The van der Waals surface area contributed by atoms with E-state index < -0.39 is 0 Å². The molecule has 0 aliphatic carbocycles. The van der Waals surface area contributed by atoms with E-state index in [4.69, 9.17) is 4.98 Å². The van der Waals surface area contributed by atoms with Gasteiger partial charge in [0.15, 0.2) is 0 Å². The molecule has 0 unspecified atom stereocenters. The molecule has 5 heteroatoms. The summed E-state index contributed by atoms with van der Waals surface area (Å²) in [6.45, 7) is 8.26. The van der Waals surface area contributed by atoms with Gasteiger partial charge in [-0.3, -0.25) is 0 Å². The molecule has 0 radical (unpaired) electrons. The molecule has 1 aromatic carbocycles. The van der Waals surface area contributed by atoms with Gasteiger partial charge in [-0.05, 0) is 37.1 Å². The Kier molecular flexibility index (Phi) is 5.90. The number of benzene rings is 1. The van der Waals surface area contributed by atoms with Crippen molar-refractivity contribution in [3.8, 4) is 10.6 Å². The third-order valence-electron chi connectivity index (χ3n) is 3.10. The number of nitrogens with one attached hydrogen (secondary N) is 1. The second-order valence-electron chi connectivity index (χ2n) is 5.32. The van der Waals surface area contributed by atoms with Crippen molar-refractivity contribution < 1.29 is 4.39 Å². The van der Waals surface area contributed by atoms with Gasteiger partial charge in [0.05, 0.1) is 5.69 Å². The van der Waals surface area contributed by atoms with Gasteiger partial charge in [-0.25, -0.2) is 9.37 Å². The first-order valence-corrected chi connectivity index (χ1v) is 8.79. The summed E-state index contributed by atoms with van der Waals surface area (Å²) in [4.78, 5) is 5.98. The summed E-state index contributed by atoms with van der Waals surface area (Å²) < 4.78 is 14.3. The van der Waals surface area contributed by atoms with E-state index in [2.05, 4.69) is 42.0 Å². The van der Waals surface area contributed by atoms with Gasteiger partial charge in [0.2, 0.25) is 0 Å². The van der Waals surface area contributed by atoms with Crippen LogP contribution >= 0.6 is 27.3 Å². The van der Waals surface area contributed by atoms with E-state index >= 15 is 0 Å². The van der Waals surface area contributed by atoms with Gasteiger partial charge in [-0.15, -0.1) is 11.3 Å². The molecule has 114 valence electrons. The predicted molar refractivity (Wildman–Crippen MR) is 91.3 cm³/mol. The lowest BCUT2D eigenvalue weighted by Gasteiger charge is -2.05. The second-order valence-corrected chi connectivity index (χ2v) is 7.32. The van der Waals surface area contributed by atoms with E-state index in [0.29, 0.717) is 5.92 Å². The Bertz CT molecular complexity index is 590. The third-order valence-corrected chi connectivity index (χ3v) is 4.67. The summed E-state index contributed by atoms with van der Waals surface area (Å²) in [6.07, 6.45) is 1.11. The molecule has 1 N–H and O–H groups in total. The zero-order chi connectivity index (χ0) is 15.4. The Labute approximate surface area is 137 Å². The predicted octanol–water partition coefficient (Wildman–Crippen LogP) is 5.33. The molecule has 0 atom stereocenters. The van der Waals surface area contributed by atoms with Crippen LogP contribution in [0.1, 0.15) is 43.7 Å². The minimum atomic E-state index is -0.244. The van der Waals surface area contributed by atoms with Crippen LogP contribution in [0.5, 0.6) is 0 Å². The summed E-state index contributed by atoms with van der Waals surface area (Å²) in [6, 6.07) is 4.91. The lowest BCUT2D eigenvalue weighted by Crippen LogP contribution is -2.14. The fourth-order valence-corrected chi connectivity index (χ4v) is 3.76. The minimum absolute atomic E-state index is 0.244. The number of aromatic nitrogens is 1. The number of halogens is 2. The maximum Gasteiger partial charge on any atom is 0.125 e. The second kappa shape index (κ2) is 7.47. The Morgan fingerprint density at radius 2 is 2.10 bits per heavy atom. The first-order valence-electron chi connectivity index (χ1n) is 7.18. The Morgan fingerprint density at radius 1 is 1.33 bits per heavy atom. The quantitative estimate of drug-likeness (QED) is 0.694. The van der Waals surface area contributed by atoms with Crippen molar-refractivity contribution in [1.82, 2.24) is 10.3 Å². The molecule has 0 aliphatic rings. The van der Waals surface area contributed by atoms with Crippen LogP contribution in [0.3, 0.4) is 0 Å². The van der Waals surface area contributed by atoms with Crippen LogP contribution in [0.4, 0.5) is 4.39 Å². The molecule has 0 aliphatic heterocycles. The summed E-state index contributed by atoms with van der Waals surface area (Å²) in [7, 11) is 0. The zero-order valence-corrected chi connectivity index (χ0v) is 14.9. The molecule has 1 heterocycles. The molecular formula is C16H20BrFN2S. The van der Waals surface area contributed by atoms with Gasteiger partial charge < -0.3 is 5.32 Å². The number of thiazole rings is 1. The van der Waals surface area contributed by atoms with Crippen LogP contribution in [0, 0.1) is 5.82 Å². The lowest BCUT2D eigenvalue weighted by molar-refractivity contribution is 0.627. The third kappa shape index (κ3) is 4.34. The van der Waals surface area contributed by atoms with E-state index in [1.807, 2.05) is 6.07 Å². The highest BCUT2D eigenvalue weighted by atomic mass is 79.9. The summed E-state index contributed by atoms with van der Waals surface area (Å²) in [5.41, 5.74) is 1.94. The van der Waals surface area contributed by atoms with Gasteiger partial charge in [0.1, 0.15) is 10.8 Å². The van der Waals surface area contributed by atoms with Crippen LogP contribution < -0.4 is 5.32 Å². The highest BCUT2D eigenvalue weighted by Crippen LogP contribution is 2.33. The molecule has 2 aromatic rings. The number of hydrogen-bond donors (Lipinski definition) is 1. The van der Waals surface area contributed by atoms with Crippen LogP contribution in [-0.2, 0) is 6.54 Å². The van der Waals surface area contributed by atoms with Crippen molar-refractivity contribution in [2.75, 3.05) is 6.54 Å². The van der Waals surface area contributed by atoms with Gasteiger partial charge in [0, 0.05) is 21.5 Å². The van der Waals surface area contributed by atoms with Crippen LogP contribution in [-0.4, -0.2) is 11.5 Å². The lowest BCUT2D eigenvalue weighted by atomic mass is 10.1. The van der Waals surface area contributed by atoms with Gasteiger partial charge in [0.25, 0.3) is 0 Å². The fraction of sp³-hybridized carbons (Fsp3) is 0.438. The van der Waals surface area contributed by atoms with Crippen molar-refractivity contribution in [2.24, 2.45) is 0 Å². The smallest absolute Gasteiger partial charge is 0.125 e. The molecule has 1 aromatic heterocycles.